The van der Waals surface area contributed by atoms with Crippen LogP contribution in [-0.4, -0.2) is 32.8 Å². The Morgan fingerprint density at radius 1 is 1.45 bits per heavy atom. The van der Waals surface area contributed by atoms with Crippen LogP contribution in [0.3, 0.4) is 0 Å². The normalized spacial score (nSPS) is 26.2. The maximum absolute atomic E-state index is 11.6. The first-order chi connectivity index (χ1) is 10.3. The van der Waals surface area contributed by atoms with Gasteiger partial charge in [0, 0.05) is 24.0 Å². The minimum absolute atomic E-state index is 0.0162. The van der Waals surface area contributed by atoms with Crippen LogP contribution in [-0.2, 0) is 16.0 Å². The van der Waals surface area contributed by atoms with Crippen LogP contribution >= 0.6 is 0 Å². The maximum Gasteiger partial charge on any atom is 0.352 e. The number of non-ortho nitro benzene ring substituents is 1. The number of nitrogens with zero attached hydrogens (tertiary/aromatic N) is 2. The minimum atomic E-state index is -1.11. The molecule has 1 unspecified atom stereocenters. The molecule has 1 saturated heterocycles. The molecule has 1 amide bonds. The molecule has 2 aliphatic rings. The lowest BCUT2D eigenvalue weighted by molar-refractivity contribution is -0.384. The minimum Gasteiger partial charge on any atom is -0.477 e. The molecule has 0 saturated carbocycles. The molecule has 22 heavy (non-hydrogen) atoms. The van der Waals surface area contributed by atoms with Gasteiger partial charge in [0.25, 0.3) is 5.69 Å². The summed E-state index contributed by atoms with van der Waals surface area (Å²) in [7, 11) is 0. The maximum atomic E-state index is 11.6. The third kappa shape index (κ3) is 2.05. The van der Waals surface area contributed by atoms with E-state index >= 15 is 0 Å². The summed E-state index contributed by atoms with van der Waals surface area (Å²) in [5, 5.41) is 19.9. The smallest absolute Gasteiger partial charge is 0.352 e. The monoisotopic (exact) mass is 302 g/mol. The highest BCUT2D eigenvalue weighted by molar-refractivity contribution is 5.98. The molecule has 1 fully saturated rings. The van der Waals surface area contributed by atoms with E-state index in [1.54, 1.807) is 18.2 Å². The van der Waals surface area contributed by atoms with Crippen LogP contribution in [0.4, 0.5) is 5.69 Å². The number of rotatable bonds is 4. The zero-order valence-corrected chi connectivity index (χ0v) is 11.9. The van der Waals surface area contributed by atoms with Gasteiger partial charge in [-0.2, -0.15) is 0 Å². The van der Waals surface area contributed by atoms with Crippen LogP contribution in [0.2, 0.25) is 0 Å². The molecule has 0 radical (unpaired) electrons. The molecule has 0 aromatic heterocycles. The van der Waals surface area contributed by atoms with Gasteiger partial charge in [0.05, 0.1) is 11.0 Å². The summed E-state index contributed by atoms with van der Waals surface area (Å²) < 4.78 is 0. The van der Waals surface area contributed by atoms with E-state index in [2.05, 4.69) is 0 Å². The average Bonchev–Trinajstić information content (AvgIpc) is 2.67. The van der Waals surface area contributed by atoms with E-state index in [-0.39, 0.29) is 23.3 Å². The second kappa shape index (κ2) is 4.66. The summed E-state index contributed by atoms with van der Waals surface area (Å²) in [4.78, 5) is 34.4. The Balaban J connectivity index is 1.86. The molecule has 0 bridgehead atoms. The van der Waals surface area contributed by atoms with Crippen LogP contribution in [0.25, 0.3) is 0 Å². The Hall–Kier alpha value is -2.70. The Kier molecular flexibility index (Phi) is 3.01. The Labute approximate surface area is 126 Å². The zero-order chi connectivity index (χ0) is 16.1. The summed E-state index contributed by atoms with van der Waals surface area (Å²) >= 11 is 0. The number of hydrogen-bond acceptors (Lipinski definition) is 4. The van der Waals surface area contributed by atoms with Crippen molar-refractivity contribution in [2.45, 2.75) is 25.8 Å². The molecule has 1 N–H and O–H groups in total. The number of hydrogen-bond donors (Lipinski definition) is 1. The number of carbonyl (C=O) groups is 2. The summed E-state index contributed by atoms with van der Waals surface area (Å²) in [6, 6.07) is 6.04. The number of fused-ring (bicyclic) bond motifs is 1. The van der Waals surface area contributed by atoms with Crippen molar-refractivity contribution in [1.82, 2.24) is 4.90 Å². The molecule has 1 aromatic carbocycles. The molecule has 2 heterocycles. The summed E-state index contributed by atoms with van der Waals surface area (Å²) in [6.45, 7) is 1.91. The number of aliphatic carboxylic acids is 1. The molecule has 1 aromatic rings. The quantitative estimate of drug-likeness (QED) is 0.518. The second-order valence-electron chi connectivity index (χ2n) is 5.92. The van der Waals surface area contributed by atoms with Crippen LogP contribution in [0.1, 0.15) is 18.9 Å². The molecule has 2 aliphatic heterocycles. The number of amides is 1. The second-order valence-corrected chi connectivity index (χ2v) is 5.92. The van der Waals surface area contributed by atoms with E-state index < -0.39 is 16.3 Å². The number of nitro benzene ring substituents is 1. The molecule has 114 valence electrons. The van der Waals surface area contributed by atoms with E-state index in [9.17, 15) is 24.8 Å². The van der Waals surface area contributed by atoms with Crippen molar-refractivity contribution in [2.75, 3.05) is 0 Å². The number of benzene rings is 1. The standard InChI is InChI=1S/C15H14N2O5/c1-15(7-9-2-4-10(5-3-9)17(21)22)8-11(14(19)20)16-12(15)6-13(16)18/h2-5,8,12H,6-7H2,1H3,(H,19,20)/t12-,15?/m0/s1. The first-order valence-corrected chi connectivity index (χ1v) is 6.83. The third-order valence-corrected chi connectivity index (χ3v) is 4.39. The van der Waals surface area contributed by atoms with Gasteiger partial charge in [-0.1, -0.05) is 19.1 Å². The van der Waals surface area contributed by atoms with Crippen LogP contribution < -0.4 is 0 Å². The predicted molar refractivity (Wildman–Crippen MR) is 75.9 cm³/mol. The molecular weight excluding hydrogens is 288 g/mol. The summed E-state index contributed by atoms with van der Waals surface area (Å²) in [6.07, 6.45) is 2.49. The van der Waals surface area contributed by atoms with Crippen LogP contribution in [0.5, 0.6) is 0 Å². The van der Waals surface area contributed by atoms with Gasteiger partial charge >= 0.3 is 5.97 Å². The highest BCUT2D eigenvalue weighted by Crippen LogP contribution is 2.47. The van der Waals surface area contributed by atoms with Gasteiger partial charge < -0.3 is 10.0 Å². The number of β-lactam (4-membered cyclic amide) rings is 1. The largest absolute Gasteiger partial charge is 0.477 e. The van der Waals surface area contributed by atoms with Crippen molar-refractivity contribution in [3.8, 4) is 0 Å². The van der Waals surface area contributed by atoms with Gasteiger partial charge in [0.15, 0.2) is 0 Å². The predicted octanol–water partition coefficient (Wildman–Crippen LogP) is 1.73. The number of carboxylic acid groups (broad SMARTS) is 1. The van der Waals surface area contributed by atoms with E-state index in [1.807, 2.05) is 6.92 Å². The summed E-state index contributed by atoms with van der Waals surface area (Å²) in [5.41, 5.74) is 0.445. The Morgan fingerprint density at radius 3 is 2.55 bits per heavy atom. The molecule has 0 aliphatic carbocycles. The fraction of sp³-hybridized carbons (Fsp3) is 0.333. The van der Waals surface area contributed by atoms with Crippen molar-refractivity contribution >= 4 is 17.6 Å². The number of carbonyl (C=O) groups excluding carboxylic acids is 1. The zero-order valence-electron chi connectivity index (χ0n) is 11.9. The average molecular weight is 302 g/mol. The molecule has 0 spiro atoms. The van der Waals surface area contributed by atoms with Crippen molar-refractivity contribution in [3.63, 3.8) is 0 Å². The first-order valence-electron chi connectivity index (χ1n) is 6.83. The lowest BCUT2D eigenvalue weighted by Crippen LogP contribution is -2.55. The number of carboxylic acids is 1. The molecule has 7 heteroatoms. The Bertz CT molecular complexity index is 709. The van der Waals surface area contributed by atoms with E-state index in [0.717, 1.165) is 5.56 Å². The van der Waals surface area contributed by atoms with Gasteiger partial charge in [-0.25, -0.2) is 4.79 Å². The van der Waals surface area contributed by atoms with Crippen molar-refractivity contribution in [3.05, 3.63) is 51.7 Å². The van der Waals surface area contributed by atoms with E-state index in [0.29, 0.717) is 12.8 Å². The lowest BCUT2D eigenvalue weighted by Gasteiger charge is -2.43. The lowest BCUT2D eigenvalue weighted by atomic mass is 9.74. The van der Waals surface area contributed by atoms with Crippen LogP contribution in [0, 0.1) is 15.5 Å². The fourth-order valence-corrected chi connectivity index (χ4v) is 3.23. The van der Waals surface area contributed by atoms with Crippen molar-refractivity contribution in [1.29, 1.82) is 0 Å². The molecule has 7 nitrogen and oxygen atoms in total. The topological polar surface area (TPSA) is 101 Å². The van der Waals surface area contributed by atoms with E-state index in [1.165, 1.54) is 17.0 Å². The number of nitro groups is 1. The van der Waals surface area contributed by atoms with Gasteiger partial charge in [-0.15, -0.1) is 0 Å². The first kappa shape index (κ1) is 14.2. The fourth-order valence-electron chi connectivity index (χ4n) is 3.23. The third-order valence-electron chi connectivity index (χ3n) is 4.39. The van der Waals surface area contributed by atoms with Gasteiger partial charge in [-0.3, -0.25) is 14.9 Å². The highest BCUT2D eigenvalue weighted by Gasteiger charge is 2.54. The van der Waals surface area contributed by atoms with Crippen LogP contribution in [0.15, 0.2) is 36.0 Å². The summed E-state index contributed by atoms with van der Waals surface area (Å²) in [5.74, 6) is -1.28. The molecule has 2 atom stereocenters. The van der Waals surface area contributed by atoms with Gasteiger partial charge in [0.2, 0.25) is 5.91 Å². The van der Waals surface area contributed by atoms with Crippen molar-refractivity contribution < 1.29 is 19.6 Å². The van der Waals surface area contributed by atoms with Gasteiger partial charge in [0.1, 0.15) is 5.70 Å². The highest BCUT2D eigenvalue weighted by atomic mass is 16.6. The SMILES string of the molecule is CC1(Cc2ccc([N+](=O)[O-])cc2)C=C(C(=O)O)N2C(=O)C[C@H]21. The molecular formula is C15H14N2O5. The van der Waals surface area contributed by atoms with Gasteiger partial charge in [-0.05, 0) is 18.1 Å². The molecule has 3 rings (SSSR count). The Morgan fingerprint density at radius 2 is 2.09 bits per heavy atom. The van der Waals surface area contributed by atoms with E-state index in [4.69, 9.17) is 0 Å². The van der Waals surface area contributed by atoms with Crippen molar-refractivity contribution in [2.24, 2.45) is 5.41 Å².